The van der Waals surface area contributed by atoms with E-state index in [1.807, 2.05) is 0 Å². The minimum atomic E-state index is -4.49. The second-order valence-electron chi connectivity index (χ2n) is 2.29. The number of alkyl halides is 3. The van der Waals surface area contributed by atoms with Gasteiger partial charge in [-0.2, -0.15) is 18.2 Å². The lowest BCUT2D eigenvalue weighted by Crippen LogP contribution is -2.20. The molecule has 0 aromatic carbocycles. The minimum absolute atomic E-state index is 0.558. The van der Waals surface area contributed by atoms with Crippen molar-refractivity contribution in [2.75, 3.05) is 12.3 Å². The summed E-state index contributed by atoms with van der Waals surface area (Å²) in [6.45, 7) is -1.54. The smallest absolute Gasteiger partial charge is 0.422 e. The fourth-order valence-electron chi connectivity index (χ4n) is 0.579. The number of aromatic nitrogens is 2. The Morgan fingerprint density at radius 2 is 2.07 bits per heavy atom. The van der Waals surface area contributed by atoms with Crippen molar-refractivity contribution in [2.24, 2.45) is 0 Å². The van der Waals surface area contributed by atoms with E-state index in [-0.39, 0.29) is 0 Å². The van der Waals surface area contributed by atoms with Crippen molar-refractivity contribution in [3.63, 3.8) is 0 Å². The number of ether oxygens (including phenoxy) is 1. The molecule has 0 amide bonds. The molecule has 0 unspecified atom stereocenters. The van der Waals surface area contributed by atoms with Crippen molar-refractivity contribution < 1.29 is 22.3 Å². The van der Waals surface area contributed by atoms with Crippen molar-refractivity contribution in [2.45, 2.75) is 6.18 Å². The summed E-state index contributed by atoms with van der Waals surface area (Å²) in [6.07, 6.45) is -3.86. The van der Waals surface area contributed by atoms with Crippen molar-refractivity contribution in [3.8, 4) is 6.01 Å². The zero-order chi connectivity index (χ0) is 10.8. The largest absolute Gasteiger partial charge is 0.454 e. The fourth-order valence-corrected chi connectivity index (χ4v) is 0.579. The Balaban J connectivity index is 2.65. The molecule has 0 aliphatic heterocycles. The molecule has 0 fully saturated rings. The first-order valence-electron chi connectivity index (χ1n) is 3.36. The van der Waals surface area contributed by atoms with E-state index in [1.165, 1.54) is 0 Å². The third kappa shape index (κ3) is 3.04. The summed E-state index contributed by atoms with van der Waals surface area (Å²) in [5.74, 6) is -1.47. The van der Waals surface area contributed by atoms with Gasteiger partial charge in [0.1, 0.15) is 0 Å². The number of anilines is 1. The number of nitrogens with two attached hydrogens (primary N) is 1. The van der Waals surface area contributed by atoms with Gasteiger partial charge in [0.05, 0.1) is 6.20 Å². The summed E-state index contributed by atoms with van der Waals surface area (Å²) in [5.41, 5.74) is 4.97. The molecule has 14 heavy (non-hydrogen) atoms. The molecule has 0 aliphatic carbocycles. The second-order valence-corrected chi connectivity index (χ2v) is 2.29. The molecule has 1 aromatic rings. The Bertz CT molecular complexity index is 327. The van der Waals surface area contributed by atoms with Crippen molar-refractivity contribution >= 4 is 5.82 Å². The number of nitrogen functional groups attached to an aromatic ring is 1. The topological polar surface area (TPSA) is 61.0 Å². The maximum Gasteiger partial charge on any atom is 0.422 e. The molecule has 0 saturated carbocycles. The maximum absolute atomic E-state index is 12.4. The normalized spacial score (nSPS) is 11.4. The van der Waals surface area contributed by atoms with Gasteiger partial charge in [0, 0.05) is 0 Å². The van der Waals surface area contributed by atoms with Gasteiger partial charge in [-0.05, 0) is 0 Å². The highest BCUT2D eigenvalue weighted by atomic mass is 19.4. The van der Waals surface area contributed by atoms with E-state index in [4.69, 9.17) is 5.73 Å². The lowest BCUT2D eigenvalue weighted by Gasteiger charge is -2.07. The minimum Gasteiger partial charge on any atom is -0.454 e. The van der Waals surface area contributed by atoms with Crippen molar-refractivity contribution in [3.05, 3.63) is 12.0 Å². The summed E-state index contributed by atoms with van der Waals surface area (Å²) in [5, 5.41) is 0. The van der Waals surface area contributed by atoms with Crippen LogP contribution in [-0.2, 0) is 0 Å². The van der Waals surface area contributed by atoms with Crippen molar-refractivity contribution in [1.29, 1.82) is 0 Å². The molecule has 2 N–H and O–H groups in total. The van der Waals surface area contributed by atoms with E-state index in [0.717, 1.165) is 0 Å². The predicted molar refractivity (Wildman–Crippen MR) is 38.0 cm³/mol. The van der Waals surface area contributed by atoms with Gasteiger partial charge < -0.3 is 10.5 Å². The standard InChI is InChI=1S/C6H5F4N3O/c7-3-1-12-5(13-4(3)11)14-2-6(8,9)10/h1H,2H2,(H2,11,12,13). The Labute approximate surface area is 75.7 Å². The van der Waals surface area contributed by atoms with Crippen LogP contribution in [0.1, 0.15) is 0 Å². The number of hydrogen-bond acceptors (Lipinski definition) is 4. The molecule has 8 heteroatoms. The average molecular weight is 211 g/mol. The van der Waals surface area contributed by atoms with Crippen LogP contribution in [-0.4, -0.2) is 22.8 Å². The molecular weight excluding hydrogens is 206 g/mol. The Morgan fingerprint density at radius 3 is 2.57 bits per heavy atom. The molecule has 1 aromatic heterocycles. The van der Waals surface area contributed by atoms with Gasteiger partial charge in [0.25, 0.3) is 0 Å². The van der Waals surface area contributed by atoms with Gasteiger partial charge in [-0.1, -0.05) is 0 Å². The monoisotopic (exact) mass is 211 g/mol. The zero-order valence-electron chi connectivity index (χ0n) is 6.68. The zero-order valence-corrected chi connectivity index (χ0v) is 6.68. The summed E-state index contributed by atoms with van der Waals surface area (Å²) < 4.78 is 51.5. The van der Waals surface area contributed by atoms with Gasteiger partial charge in [0.2, 0.25) is 0 Å². The Morgan fingerprint density at radius 1 is 1.43 bits per heavy atom. The van der Waals surface area contributed by atoms with E-state index in [2.05, 4.69) is 14.7 Å². The van der Waals surface area contributed by atoms with E-state index in [1.54, 1.807) is 0 Å². The quantitative estimate of drug-likeness (QED) is 0.745. The van der Waals surface area contributed by atoms with Crippen LogP contribution in [0.4, 0.5) is 23.4 Å². The van der Waals surface area contributed by atoms with Crippen LogP contribution in [0.2, 0.25) is 0 Å². The van der Waals surface area contributed by atoms with Gasteiger partial charge >= 0.3 is 12.2 Å². The van der Waals surface area contributed by atoms with Crippen LogP contribution in [0.5, 0.6) is 6.01 Å². The molecule has 0 aliphatic rings. The molecule has 1 rings (SSSR count). The van der Waals surface area contributed by atoms with Crippen molar-refractivity contribution in [1.82, 2.24) is 9.97 Å². The number of rotatable bonds is 2. The lowest BCUT2D eigenvalue weighted by molar-refractivity contribution is -0.154. The molecule has 0 atom stereocenters. The molecule has 0 spiro atoms. The maximum atomic E-state index is 12.4. The molecule has 0 bridgehead atoms. The Kier molecular flexibility index (Phi) is 2.73. The van der Waals surface area contributed by atoms with Crippen LogP contribution in [0, 0.1) is 5.82 Å². The fraction of sp³-hybridized carbons (Fsp3) is 0.333. The first kappa shape index (κ1) is 10.5. The van der Waals surface area contributed by atoms with E-state index in [0.29, 0.717) is 6.20 Å². The van der Waals surface area contributed by atoms with E-state index < -0.39 is 30.4 Å². The summed E-state index contributed by atoms with van der Waals surface area (Å²) in [7, 11) is 0. The highest BCUT2D eigenvalue weighted by molar-refractivity contribution is 5.28. The highest BCUT2D eigenvalue weighted by Crippen LogP contribution is 2.16. The van der Waals surface area contributed by atoms with Crippen LogP contribution < -0.4 is 10.5 Å². The highest BCUT2D eigenvalue weighted by Gasteiger charge is 2.29. The van der Waals surface area contributed by atoms with Gasteiger partial charge in [-0.25, -0.2) is 9.37 Å². The molecule has 0 saturated heterocycles. The molecule has 4 nitrogen and oxygen atoms in total. The molecule has 78 valence electrons. The number of halogens is 4. The van der Waals surface area contributed by atoms with Gasteiger partial charge in [-0.15, -0.1) is 0 Å². The first-order chi connectivity index (χ1) is 6.38. The average Bonchev–Trinajstić information content (AvgIpc) is 2.06. The van der Waals surface area contributed by atoms with Crippen LogP contribution >= 0.6 is 0 Å². The molecular formula is C6H5F4N3O. The van der Waals surface area contributed by atoms with Crippen LogP contribution in [0.15, 0.2) is 6.20 Å². The molecule has 0 radical (unpaired) electrons. The second kappa shape index (κ2) is 3.64. The predicted octanol–water partition coefficient (Wildman–Crippen LogP) is 1.14. The lowest BCUT2D eigenvalue weighted by atomic mass is 10.6. The molecule has 1 heterocycles. The Hall–Kier alpha value is -1.60. The number of nitrogens with zero attached hydrogens (tertiary/aromatic N) is 2. The summed E-state index contributed by atoms with van der Waals surface area (Å²) in [4.78, 5) is 6.30. The summed E-state index contributed by atoms with van der Waals surface area (Å²) in [6, 6.07) is -0.610. The van der Waals surface area contributed by atoms with E-state index in [9.17, 15) is 17.6 Å². The summed E-state index contributed by atoms with van der Waals surface area (Å²) >= 11 is 0. The third-order valence-electron chi connectivity index (χ3n) is 1.11. The van der Waals surface area contributed by atoms with E-state index >= 15 is 0 Å². The first-order valence-corrected chi connectivity index (χ1v) is 3.36. The van der Waals surface area contributed by atoms with Gasteiger partial charge in [-0.3, -0.25) is 0 Å². The third-order valence-corrected chi connectivity index (χ3v) is 1.11. The van der Waals surface area contributed by atoms with Crippen LogP contribution in [0.25, 0.3) is 0 Å². The van der Waals surface area contributed by atoms with Gasteiger partial charge in [0.15, 0.2) is 18.2 Å². The SMILES string of the molecule is Nc1nc(OCC(F)(F)F)ncc1F. The van der Waals surface area contributed by atoms with Crippen LogP contribution in [0.3, 0.4) is 0 Å². The number of hydrogen-bond donors (Lipinski definition) is 1.